The molecule has 6 heteroatoms. The van der Waals surface area contributed by atoms with Crippen LogP contribution in [0.2, 0.25) is 0 Å². The van der Waals surface area contributed by atoms with Crippen molar-refractivity contribution in [2.45, 2.75) is 32.8 Å². The number of piperidine rings is 1. The molecule has 2 aromatic rings. The molecule has 22 heavy (non-hydrogen) atoms. The Morgan fingerprint density at radius 1 is 1.23 bits per heavy atom. The van der Waals surface area contributed by atoms with Gasteiger partial charge in [-0.3, -0.25) is 4.98 Å². The van der Waals surface area contributed by atoms with Gasteiger partial charge in [-0.2, -0.15) is 0 Å². The summed E-state index contributed by atoms with van der Waals surface area (Å²) in [5.74, 6) is 1.98. The van der Waals surface area contributed by atoms with Gasteiger partial charge in [-0.25, -0.2) is 9.97 Å². The predicted molar refractivity (Wildman–Crippen MR) is 84.6 cm³/mol. The Balaban J connectivity index is 1.68. The average molecular weight is 301 g/mol. The molecule has 0 unspecified atom stereocenters. The molecule has 0 spiro atoms. The fraction of sp³-hybridized carbons (Fsp3) is 0.562. The topological polar surface area (TPSA) is 67.1 Å². The molecule has 3 rings (SSSR count). The smallest absolute Gasteiger partial charge is 0.150 e. The maximum absolute atomic E-state index is 10.5. The maximum Gasteiger partial charge on any atom is 0.150 e. The van der Waals surface area contributed by atoms with Crippen molar-refractivity contribution in [3.8, 4) is 0 Å². The van der Waals surface area contributed by atoms with Crippen molar-refractivity contribution in [3.05, 3.63) is 35.8 Å². The third-order valence-corrected chi connectivity index (χ3v) is 4.46. The Labute approximate surface area is 130 Å². The van der Waals surface area contributed by atoms with Crippen molar-refractivity contribution >= 4 is 5.82 Å². The SMILES string of the molecule is Cc1cnc(C)c(N2CCC([C@@H](O)c3nccn3C)CC2)n1. The molecule has 0 aliphatic carbocycles. The van der Waals surface area contributed by atoms with Crippen LogP contribution in [-0.4, -0.2) is 37.7 Å². The van der Waals surface area contributed by atoms with Crippen molar-refractivity contribution in [1.29, 1.82) is 0 Å². The predicted octanol–water partition coefficient (Wildman–Crippen LogP) is 1.78. The van der Waals surface area contributed by atoms with E-state index in [1.54, 1.807) is 12.4 Å². The van der Waals surface area contributed by atoms with Gasteiger partial charge < -0.3 is 14.6 Å². The van der Waals surface area contributed by atoms with Crippen LogP contribution in [0.1, 0.15) is 36.2 Å². The summed E-state index contributed by atoms with van der Waals surface area (Å²) in [5.41, 5.74) is 1.91. The van der Waals surface area contributed by atoms with Gasteiger partial charge in [0.15, 0.2) is 0 Å². The van der Waals surface area contributed by atoms with Crippen LogP contribution in [0.4, 0.5) is 5.82 Å². The average Bonchev–Trinajstić information content (AvgIpc) is 2.95. The van der Waals surface area contributed by atoms with E-state index in [4.69, 9.17) is 0 Å². The summed E-state index contributed by atoms with van der Waals surface area (Å²) in [6, 6.07) is 0. The molecule has 0 bridgehead atoms. The molecule has 6 nitrogen and oxygen atoms in total. The lowest BCUT2D eigenvalue weighted by Gasteiger charge is -2.35. The van der Waals surface area contributed by atoms with Crippen LogP contribution in [0.25, 0.3) is 0 Å². The fourth-order valence-electron chi connectivity index (χ4n) is 3.12. The second kappa shape index (κ2) is 6.04. The lowest BCUT2D eigenvalue weighted by atomic mass is 9.90. The highest BCUT2D eigenvalue weighted by molar-refractivity contribution is 5.43. The van der Waals surface area contributed by atoms with E-state index in [1.165, 1.54) is 0 Å². The number of aromatic nitrogens is 4. The summed E-state index contributed by atoms with van der Waals surface area (Å²) >= 11 is 0. The summed E-state index contributed by atoms with van der Waals surface area (Å²) in [5, 5.41) is 10.5. The van der Waals surface area contributed by atoms with Crippen LogP contribution < -0.4 is 4.90 Å². The third kappa shape index (κ3) is 2.83. The molecule has 0 saturated carbocycles. The molecule has 3 heterocycles. The minimum atomic E-state index is -0.494. The number of aliphatic hydroxyl groups is 1. The molecule has 1 atom stereocenters. The summed E-state index contributed by atoms with van der Waals surface area (Å²) in [6.45, 7) is 5.75. The van der Waals surface area contributed by atoms with Crippen LogP contribution in [0.3, 0.4) is 0 Å². The molecule has 2 aromatic heterocycles. The number of hydrogen-bond donors (Lipinski definition) is 1. The molecule has 1 fully saturated rings. The molecular formula is C16H23N5O. The van der Waals surface area contributed by atoms with Gasteiger partial charge in [0, 0.05) is 38.7 Å². The van der Waals surface area contributed by atoms with Gasteiger partial charge in [0.2, 0.25) is 0 Å². The molecule has 1 aliphatic rings. The molecule has 0 aromatic carbocycles. The number of anilines is 1. The van der Waals surface area contributed by atoms with Crippen molar-refractivity contribution in [1.82, 2.24) is 19.5 Å². The van der Waals surface area contributed by atoms with Gasteiger partial charge in [-0.05, 0) is 32.6 Å². The highest BCUT2D eigenvalue weighted by Crippen LogP contribution is 2.31. The summed E-state index contributed by atoms with van der Waals surface area (Å²) in [4.78, 5) is 15.6. The molecule has 0 radical (unpaired) electrons. The Hall–Kier alpha value is -1.95. The highest BCUT2D eigenvalue weighted by atomic mass is 16.3. The zero-order chi connectivity index (χ0) is 15.7. The lowest BCUT2D eigenvalue weighted by Crippen LogP contribution is -2.37. The number of rotatable bonds is 3. The third-order valence-electron chi connectivity index (χ3n) is 4.46. The van der Waals surface area contributed by atoms with E-state index >= 15 is 0 Å². The number of nitrogens with zero attached hydrogens (tertiary/aromatic N) is 5. The van der Waals surface area contributed by atoms with Crippen LogP contribution in [-0.2, 0) is 7.05 Å². The summed E-state index contributed by atoms with van der Waals surface area (Å²) < 4.78 is 1.90. The second-order valence-electron chi connectivity index (χ2n) is 6.09. The van der Waals surface area contributed by atoms with Gasteiger partial charge in [0.25, 0.3) is 0 Å². The highest BCUT2D eigenvalue weighted by Gasteiger charge is 2.29. The number of hydrogen-bond acceptors (Lipinski definition) is 5. The number of aryl methyl sites for hydroxylation is 3. The van der Waals surface area contributed by atoms with Crippen LogP contribution in [0.5, 0.6) is 0 Å². The molecule has 0 amide bonds. The molecule has 1 saturated heterocycles. The van der Waals surface area contributed by atoms with Crippen molar-refractivity contribution in [2.24, 2.45) is 13.0 Å². The summed E-state index contributed by atoms with van der Waals surface area (Å²) in [6.07, 6.45) is 6.79. The Morgan fingerprint density at radius 2 is 1.95 bits per heavy atom. The first-order valence-electron chi connectivity index (χ1n) is 7.76. The van der Waals surface area contributed by atoms with E-state index in [2.05, 4.69) is 19.9 Å². The monoisotopic (exact) mass is 301 g/mol. The Morgan fingerprint density at radius 3 is 2.59 bits per heavy atom. The largest absolute Gasteiger partial charge is 0.385 e. The molecule has 1 aliphatic heterocycles. The standard InChI is InChI=1S/C16H23N5O/c1-11-10-18-12(2)15(19-11)21-7-4-13(5-8-21)14(22)16-17-6-9-20(16)3/h6,9-10,13-14,22H,4-5,7-8H2,1-3H3/t14-/m1/s1. The van der Waals surface area contributed by atoms with E-state index in [-0.39, 0.29) is 5.92 Å². The van der Waals surface area contributed by atoms with E-state index in [1.807, 2.05) is 31.7 Å². The number of aliphatic hydroxyl groups excluding tert-OH is 1. The summed E-state index contributed by atoms with van der Waals surface area (Å²) in [7, 11) is 1.92. The van der Waals surface area contributed by atoms with E-state index < -0.39 is 6.10 Å². The first kappa shape index (κ1) is 15.0. The fourth-order valence-corrected chi connectivity index (χ4v) is 3.12. The van der Waals surface area contributed by atoms with Crippen molar-refractivity contribution in [3.63, 3.8) is 0 Å². The van der Waals surface area contributed by atoms with Crippen LogP contribution in [0.15, 0.2) is 18.6 Å². The molecular weight excluding hydrogens is 278 g/mol. The lowest BCUT2D eigenvalue weighted by molar-refractivity contribution is 0.0824. The Bertz CT molecular complexity index is 646. The van der Waals surface area contributed by atoms with Crippen LogP contribution >= 0.6 is 0 Å². The zero-order valence-electron chi connectivity index (χ0n) is 13.4. The Kier molecular flexibility index (Phi) is 4.11. The second-order valence-corrected chi connectivity index (χ2v) is 6.09. The molecule has 1 N–H and O–H groups in total. The van der Waals surface area contributed by atoms with Gasteiger partial charge >= 0.3 is 0 Å². The van der Waals surface area contributed by atoms with Crippen molar-refractivity contribution < 1.29 is 5.11 Å². The van der Waals surface area contributed by atoms with Gasteiger partial charge in [0.05, 0.1) is 11.4 Å². The van der Waals surface area contributed by atoms with Crippen molar-refractivity contribution in [2.75, 3.05) is 18.0 Å². The minimum Gasteiger partial charge on any atom is -0.385 e. The van der Waals surface area contributed by atoms with Gasteiger partial charge in [-0.1, -0.05) is 0 Å². The van der Waals surface area contributed by atoms with E-state index in [0.29, 0.717) is 0 Å². The van der Waals surface area contributed by atoms with E-state index in [9.17, 15) is 5.11 Å². The van der Waals surface area contributed by atoms with Gasteiger partial charge in [-0.15, -0.1) is 0 Å². The van der Waals surface area contributed by atoms with Gasteiger partial charge in [0.1, 0.15) is 17.7 Å². The zero-order valence-corrected chi connectivity index (χ0v) is 13.4. The van der Waals surface area contributed by atoms with E-state index in [0.717, 1.165) is 49.0 Å². The quantitative estimate of drug-likeness (QED) is 0.936. The normalized spacial score (nSPS) is 17.7. The minimum absolute atomic E-state index is 0.246. The first-order chi connectivity index (χ1) is 10.6. The maximum atomic E-state index is 10.5. The first-order valence-corrected chi connectivity index (χ1v) is 7.76. The molecule has 118 valence electrons. The number of imidazole rings is 1. The van der Waals surface area contributed by atoms with Crippen LogP contribution in [0, 0.1) is 19.8 Å².